The number of hydrogen-bond acceptors (Lipinski definition) is 4. The predicted octanol–water partition coefficient (Wildman–Crippen LogP) is 4.66. The summed E-state index contributed by atoms with van der Waals surface area (Å²) in [5.41, 5.74) is 2.36. The first-order valence-electron chi connectivity index (χ1n) is 9.76. The van der Waals surface area contributed by atoms with E-state index in [1.54, 1.807) is 14.0 Å². The summed E-state index contributed by atoms with van der Waals surface area (Å²) in [5.74, 6) is -0.592. The number of ketones is 1. The van der Waals surface area contributed by atoms with Crippen molar-refractivity contribution in [2.24, 2.45) is 5.92 Å². The van der Waals surface area contributed by atoms with Gasteiger partial charge in [-0.05, 0) is 38.7 Å². The van der Waals surface area contributed by atoms with E-state index in [0.717, 1.165) is 24.8 Å². The van der Waals surface area contributed by atoms with Gasteiger partial charge in [0.05, 0.1) is 18.6 Å². The molecule has 2 unspecified atom stereocenters. The minimum absolute atomic E-state index is 0.00532. The van der Waals surface area contributed by atoms with Crippen LogP contribution in [0.25, 0.3) is 0 Å². The molecule has 0 aromatic heterocycles. The van der Waals surface area contributed by atoms with Crippen molar-refractivity contribution in [3.05, 3.63) is 35.4 Å². The summed E-state index contributed by atoms with van der Waals surface area (Å²) in [5, 5.41) is 0. The molecule has 0 aliphatic carbocycles. The number of hydrogen-bond donors (Lipinski definition) is 0. The zero-order valence-electron chi connectivity index (χ0n) is 16.8. The van der Waals surface area contributed by atoms with Crippen LogP contribution in [-0.2, 0) is 25.5 Å². The fourth-order valence-corrected chi connectivity index (χ4v) is 3.02. The van der Waals surface area contributed by atoms with Crippen LogP contribution in [0.4, 0.5) is 0 Å². The number of carbonyl (C=O) groups is 2. The fraction of sp³-hybridized carbons (Fsp3) is 0.636. The van der Waals surface area contributed by atoms with Gasteiger partial charge in [0.2, 0.25) is 0 Å². The first-order chi connectivity index (χ1) is 12.5. The molecular weight excluding hydrogens is 328 g/mol. The van der Waals surface area contributed by atoms with Crippen molar-refractivity contribution in [2.45, 2.75) is 71.8 Å². The van der Waals surface area contributed by atoms with E-state index < -0.39 is 5.92 Å². The van der Waals surface area contributed by atoms with E-state index in [9.17, 15) is 9.59 Å². The molecule has 0 spiro atoms. The summed E-state index contributed by atoms with van der Waals surface area (Å²) in [4.78, 5) is 24.7. The summed E-state index contributed by atoms with van der Waals surface area (Å²) >= 11 is 0. The van der Waals surface area contributed by atoms with Gasteiger partial charge in [-0.25, -0.2) is 0 Å². The first-order valence-corrected chi connectivity index (χ1v) is 9.76. The van der Waals surface area contributed by atoms with Gasteiger partial charge in [-0.15, -0.1) is 0 Å². The van der Waals surface area contributed by atoms with Crippen LogP contribution < -0.4 is 0 Å². The lowest BCUT2D eigenvalue weighted by Gasteiger charge is -2.21. The molecule has 0 aliphatic rings. The molecule has 0 N–H and O–H groups in total. The van der Waals surface area contributed by atoms with E-state index in [1.165, 1.54) is 5.56 Å². The average molecular weight is 363 g/mol. The van der Waals surface area contributed by atoms with Crippen LogP contribution >= 0.6 is 0 Å². The zero-order valence-corrected chi connectivity index (χ0v) is 16.8. The minimum atomic E-state index is -0.415. The molecule has 26 heavy (non-hydrogen) atoms. The van der Waals surface area contributed by atoms with Crippen LogP contribution in [0.2, 0.25) is 0 Å². The van der Waals surface area contributed by atoms with E-state index in [4.69, 9.17) is 9.47 Å². The number of Topliss-reactive ketones (excluding diaryl/α,β-unsaturated/α-hetero) is 1. The SMILES string of the molecule is CCCCC(CC(CC(=O)CCc1ccc(C)cc1)C(=O)OCC)OC. The number of benzene rings is 1. The molecule has 0 radical (unpaired) electrons. The molecule has 0 heterocycles. The summed E-state index contributed by atoms with van der Waals surface area (Å²) in [6.07, 6.45) is 4.97. The van der Waals surface area contributed by atoms with Crippen LogP contribution in [0.3, 0.4) is 0 Å². The maximum absolute atomic E-state index is 12.4. The van der Waals surface area contributed by atoms with Crippen molar-refractivity contribution in [2.75, 3.05) is 13.7 Å². The molecule has 0 fully saturated rings. The highest BCUT2D eigenvalue weighted by Gasteiger charge is 2.26. The van der Waals surface area contributed by atoms with E-state index in [-0.39, 0.29) is 24.3 Å². The highest BCUT2D eigenvalue weighted by molar-refractivity contribution is 5.84. The van der Waals surface area contributed by atoms with Crippen LogP contribution in [-0.4, -0.2) is 31.6 Å². The van der Waals surface area contributed by atoms with Gasteiger partial charge in [0.1, 0.15) is 5.78 Å². The molecule has 4 heteroatoms. The summed E-state index contributed by atoms with van der Waals surface area (Å²) in [6, 6.07) is 8.21. The quantitative estimate of drug-likeness (QED) is 0.479. The van der Waals surface area contributed by atoms with Crippen LogP contribution in [0.15, 0.2) is 24.3 Å². The molecule has 2 atom stereocenters. The Morgan fingerprint density at radius 1 is 1.12 bits per heavy atom. The fourth-order valence-electron chi connectivity index (χ4n) is 3.02. The van der Waals surface area contributed by atoms with E-state index >= 15 is 0 Å². The lowest BCUT2D eigenvalue weighted by Crippen LogP contribution is -2.26. The van der Waals surface area contributed by atoms with Gasteiger partial charge in [-0.3, -0.25) is 9.59 Å². The molecule has 0 bridgehead atoms. The average Bonchev–Trinajstić information content (AvgIpc) is 2.63. The Hall–Kier alpha value is -1.68. The zero-order chi connectivity index (χ0) is 19.4. The molecule has 1 rings (SSSR count). The van der Waals surface area contributed by atoms with Crippen molar-refractivity contribution in [1.82, 2.24) is 0 Å². The van der Waals surface area contributed by atoms with E-state index in [1.807, 2.05) is 6.92 Å². The minimum Gasteiger partial charge on any atom is -0.466 e. The van der Waals surface area contributed by atoms with Gasteiger partial charge >= 0.3 is 5.97 Å². The Bertz CT molecular complexity index is 536. The lowest BCUT2D eigenvalue weighted by molar-refractivity contribution is -0.151. The summed E-state index contributed by atoms with van der Waals surface area (Å²) < 4.78 is 10.7. The van der Waals surface area contributed by atoms with Crippen LogP contribution in [0.5, 0.6) is 0 Å². The third-order valence-corrected chi connectivity index (χ3v) is 4.67. The van der Waals surface area contributed by atoms with Gasteiger partial charge in [0, 0.05) is 20.0 Å². The Kier molecular flexibility index (Phi) is 10.9. The van der Waals surface area contributed by atoms with Gasteiger partial charge < -0.3 is 9.47 Å². The topological polar surface area (TPSA) is 52.6 Å². The second kappa shape index (κ2) is 12.6. The third kappa shape index (κ3) is 8.61. The largest absolute Gasteiger partial charge is 0.466 e. The smallest absolute Gasteiger partial charge is 0.309 e. The first kappa shape index (κ1) is 22.4. The van der Waals surface area contributed by atoms with Crippen molar-refractivity contribution in [1.29, 1.82) is 0 Å². The van der Waals surface area contributed by atoms with Gasteiger partial charge in [0.25, 0.3) is 0 Å². The van der Waals surface area contributed by atoms with Gasteiger partial charge in [0.15, 0.2) is 0 Å². The second-order valence-corrected chi connectivity index (χ2v) is 6.91. The summed E-state index contributed by atoms with van der Waals surface area (Å²) in [6.45, 7) is 6.30. The van der Waals surface area contributed by atoms with Gasteiger partial charge in [-0.1, -0.05) is 49.6 Å². The molecule has 0 amide bonds. The van der Waals surface area contributed by atoms with Crippen LogP contribution in [0, 0.1) is 12.8 Å². The third-order valence-electron chi connectivity index (χ3n) is 4.67. The standard InChI is InChI=1S/C22H34O4/c1-5-7-8-21(25-4)16-19(22(24)26-6-2)15-20(23)14-13-18-11-9-17(3)10-12-18/h9-12,19,21H,5-8,13-16H2,1-4H3. The molecular formula is C22H34O4. The van der Waals surface area contributed by atoms with Crippen LogP contribution in [0.1, 0.15) is 63.5 Å². The van der Waals surface area contributed by atoms with E-state index in [2.05, 4.69) is 31.2 Å². The highest BCUT2D eigenvalue weighted by Crippen LogP contribution is 2.21. The lowest BCUT2D eigenvalue weighted by atomic mass is 9.91. The Morgan fingerprint density at radius 2 is 1.81 bits per heavy atom. The number of unbranched alkanes of at least 4 members (excludes halogenated alkanes) is 1. The molecule has 1 aromatic carbocycles. The van der Waals surface area contributed by atoms with Gasteiger partial charge in [-0.2, -0.15) is 0 Å². The number of rotatable bonds is 13. The maximum Gasteiger partial charge on any atom is 0.309 e. The number of aryl methyl sites for hydroxylation is 2. The highest BCUT2D eigenvalue weighted by atomic mass is 16.5. The maximum atomic E-state index is 12.4. The normalized spacial score (nSPS) is 13.2. The van der Waals surface area contributed by atoms with Crippen molar-refractivity contribution < 1.29 is 19.1 Å². The Balaban J connectivity index is 2.60. The van der Waals surface area contributed by atoms with Crippen molar-refractivity contribution in [3.63, 3.8) is 0 Å². The number of esters is 1. The number of carbonyl (C=O) groups excluding carboxylic acids is 2. The number of methoxy groups -OCH3 is 1. The van der Waals surface area contributed by atoms with Crippen molar-refractivity contribution in [3.8, 4) is 0 Å². The van der Waals surface area contributed by atoms with E-state index in [0.29, 0.717) is 25.9 Å². The molecule has 0 aliphatic heterocycles. The summed E-state index contributed by atoms with van der Waals surface area (Å²) in [7, 11) is 1.67. The molecule has 146 valence electrons. The molecule has 1 aromatic rings. The molecule has 4 nitrogen and oxygen atoms in total. The molecule has 0 saturated carbocycles. The molecule has 0 saturated heterocycles. The predicted molar refractivity (Wildman–Crippen MR) is 104 cm³/mol. The Labute approximate surface area is 158 Å². The second-order valence-electron chi connectivity index (χ2n) is 6.91. The Morgan fingerprint density at radius 3 is 2.38 bits per heavy atom. The number of ether oxygens (including phenoxy) is 2. The monoisotopic (exact) mass is 362 g/mol. The van der Waals surface area contributed by atoms with Crippen molar-refractivity contribution >= 4 is 11.8 Å².